The van der Waals surface area contributed by atoms with Crippen molar-refractivity contribution in [1.29, 1.82) is 0 Å². The standard InChI is InChI=1S/C17H24N2O3/c1-17(2,3)12-7-4-5-8-13(12)18-15(20)11-19-10-6-9-14(19)16(21)22/h4-5,7-8,14H,6,9-11H2,1-3H3,(H,18,20)(H,21,22)/t14-/m1/s1. The number of benzene rings is 1. The van der Waals surface area contributed by atoms with E-state index in [1.165, 1.54) is 0 Å². The fourth-order valence-corrected chi connectivity index (χ4v) is 2.92. The summed E-state index contributed by atoms with van der Waals surface area (Å²) in [5.41, 5.74) is 1.80. The van der Waals surface area contributed by atoms with Crippen LogP contribution in [0.3, 0.4) is 0 Å². The number of likely N-dealkylation sites (tertiary alicyclic amines) is 1. The van der Waals surface area contributed by atoms with E-state index in [1.807, 2.05) is 24.3 Å². The summed E-state index contributed by atoms with van der Waals surface area (Å²) in [6, 6.07) is 7.20. The van der Waals surface area contributed by atoms with Crippen LogP contribution < -0.4 is 5.32 Å². The first-order chi connectivity index (χ1) is 10.3. The molecular weight excluding hydrogens is 280 g/mol. The lowest BCUT2D eigenvalue weighted by molar-refractivity contribution is -0.142. The van der Waals surface area contributed by atoms with Crippen LogP contribution in [-0.2, 0) is 15.0 Å². The normalized spacial score (nSPS) is 19.1. The van der Waals surface area contributed by atoms with Gasteiger partial charge in [0.2, 0.25) is 5.91 Å². The Morgan fingerprint density at radius 2 is 2.00 bits per heavy atom. The van der Waals surface area contributed by atoms with Gasteiger partial charge in [0.05, 0.1) is 6.54 Å². The van der Waals surface area contributed by atoms with E-state index >= 15 is 0 Å². The summed E-state index contributed by atoms with van der Waals surface area (Å²) in [7, 11) is 0. The number of hydrogen-bond acceptors (Lipinski definition) is 3. The molecule has 0 spiro atoms. The molecule has 0 bridgehead atoms. The summed E-state index contributed by atoms with van der Waals surface area (Å²) >= 11 is 0. The third kappa shape index (κ3) is 3.85. The fraction of sp³-hybridized carbons (Fsp3) is 0.529. The molecule has 2 N–H and O–H groups in total. The second kappa shape index (κ2) is 6.48. The summed E-state index contributed by atoms with van der Waals surface area (Å²) in [6.07, 6.45) is 1.43. The number of rotatable bonds is 4. The smallest absolute Gasteiger partial charge is 0.320 e. The third-order valence-corrected chi connectivity index (χ3v) is 4.00. The Morgan fingerprint density at radius 3 is 2.64 bits per heavy atom. The maximum Gasteiger partial charge on any atom is 0.320 e. The van der Waals surface area contributed by atoms with Crippen LogP contribution in [0, 0.1) is 0 Å². The summed E-state index contributed by atoms with van der Waals surface area (Å²) < 4.78 is 0. The highest BCUT2D eigenvalue weighted by Crippen LogP contribution is 2.29. The van der Waals surface area contributed by atoms with Crippen LogP contribution in [0.1, 0.15) is 39.2 Å². The van der Waals surface area contributed by atoms with Gasteiger partial charge in [0.25, 0.3) is 0 Å². The number of carboxylic acid groups (broad SMARTS) is 1. The molecule has 0 aliphatic carbocycles. The molecule has 2 rings (SSSR count). The van der Waals surface area contributed by atoms with Crippen molar-refractivity contribution >= 4 is 17.6 Å². The fourth-order valence-electron chi connectivity index (χ4n) is 2.92. The number of amides is 1. The first-order valence-corrected chi connectivity index (χ1v) is 7.65. The van der Waals surface area contributed by atoms with Gasteiger partial charge in [-0.3, -0.25) is 14.5 Å². The monoisotopic (exact) mass is 304 g/mol. The van der Waals surface area contributed by atoms with Gasteiger partial charge < -0.3 is 10.4 Å². The van der Waals surface area contributed by atoms with Gasteiger partial charge in [-0.2, -0.15) is 0 Å². The molecule has 1 aromatic rings. The summed E-state index contributed by atoms with van der Waals surface area (Å²) in [5.74, 6) is -1.01. The molecule has 0 radical (unpaired) electrons. The van der Waals surface area contributed by atoms with Gasteiger partial charge in [-0.15, -0.1) is 0 Å². The zero-order valence-corrected chi connectivity index (χ0v) is 13.4. The summed E-state index contributed by atoms with van der Waals surface area (Å²) in [5, 5.41) is 12.1. The molecule has 1 amide bonds. The number of nitrogens with zero attached hydrogens (tertiary/aromatic N) is 1. The number of anilines is 1. The zero-order chi connectivity index (χ0) is 16.3. The maximum absolute atomic E-state index is 12.3. The Balaban J connectivity index is 2.06. The van der Waals surface area contributed by atoms with Crippen molar-refractivity contribution in [2.75, 3.05) is 18.4 Å². The third-order valence-electron chi connectivity index (χ3n) is 4.00. The topological polar surface area (TPSA) is 69.6 Å². The van der Waals surface area contributed by atoms with E-state index in [-0.39, 0.29) is 17.9 Å². The molecule has 0 saturated carbocycles. The second-order valence-corrected chi connectivity index (χ2v) is 6.81. The second-order valence-electron chi connectivity index (χ2n) is 6.81. The van der Waals surface area contributed by atoms with E-state index in [4.69, 9.17) is 5.11 Å². The highest BCUT2D eigenvalue weighted by atomic mass is 16.4. The van der Waals surface area contributed by atoms with Crippen molar-refractivity contribution in [3.05, 3.63) is 29.8 Å². The molecule has 22 heavy (non-hydrogen) atoms. The largest absolute Gasteiger partial charge is 0.480 e. The average molecular weight is 304 g/mol. The Morgan fingerprint density at radius 1 is 1.32 bits per heavy atom. The number of para-hydroxylation sites is 1. The molecule has 0 unspecified atom stereocenters. The van der Waals surface area contributed by atoms with E-state index < -0.39 is 12.0 Å². The lowest BCUT2D eigenvalue weighted by Crippen LogP contribution is -2.41. The SMILES string of the molecule is CC(C)(C)c1ccccc1NC(=O)CN1CCC[C@@H]1C(=O)O. The predicted octanol–water partition coefficient (Wildman–Crippen LogP) is 2.47. The maximum atomic E-state index is 12.3. The molecule has 1 aliphatic rings. The molecule has 1 saturated heterocycles. The van der Waals surface area contributed by atoms with Crippen molar-refractivity contribution < 1.29 is 14.7 Å². The van der Waals surface area contributed by atoms with Crippen LogP contribution in [0.5, 0.6) is 0 Å². The first-order valence-electron chi connectivity index (χ1n) is 7.65. The van der Waals surface area contributed by atoms with Gasteiger partial charge in [0, 0.05) is 5.69 Å². The van der Waals surface area contributed by atoms with E-state index in [9.17, 15) is 9.59 Å². The van der Waals surface area contributed by atoms with Crippen molar-refractivity contribution in [1.82, 2.24) is 4.90 Å². The highest BCUT2D eigenvalue weighted by molar-refractivity contribution is 5.93. The van der Waals surface area contributed by atoms with E-state index in [2.05, 4.69) is 26.1 Å². The minimum Gasteiger partial charge on any atom is -0.480 e. The average Bonchev–Trinajstić information content (AvgIpc) is 2.86. The molecule has 1 fully saturated rings. The van der Waals surface area contributed by atoms with Gasteiger partial charge in [0.15, 0.2) is 0 Å². The summed E-state index contributed by atoms with van der Waals surface area (Å²) in [4.78, 5) is 25.2. The van der Waals surface area contributed by atoms with Crippen LogP contribution in [0.4, 0.5) is 5.69 Å². The number of carbonyl (C=O) groups excluding carboxylic acids is 1. The van der Waals surface area contributed by atoms with Crippen molar-refractivity contribution in [2.24, 2.45) is 0 Å². The molecule has 5 heteroatoms. The van der Waals surface area contributed by atoms with E-state index in [0.717, 1.165) is 17.7 Å². The number of hydrogen-bond donors (Lipinski definition) is 2. The molecule has 1 atom stereocenters. The predicted molar refractivity (Wildman–Crippen MR) is 86.0 cm³/mol. The Kier molecular flexibility index (Phi) is 4.86. The number of carboxylic acids is 1. The van der Waals surface area contributed by atoms with Crippen LogP contribution in [0.25, 0.3) is 0 Å². The van der Waals surface area contributed by atoms with E-state index in [0.29, 0.717) is 13.0 Å². The minimum atomic E-state index is -0.847. The zero-order valence-electron chi connectivity index (χ0n) is 13.4. The van der Waals surface area contributed by atoms with Gasteiger partial charge in [-0.1, -0.05) is 39.0 Å². The molecular formula is C17H24N2O3. The van der Waals surface area contributed by atoms with Crippen LogP contribution in [-0.4, -0.2) is 41.0 Å². The molecule has 120 valence electrons. The number of aliphatic carboxylic acids is 1. The highest BCUT2D eigenvalue weighted by Gasteiger charge is 2.31. The molecule has 0 aromatic heterocycles. The van der Waals surface area contributed by atoms with Crippen LogP contribution in [0.15, 0.2) is 24.3 Å². The van der Waals surface area contributed by atoms with E-state index in [1.54, 1.807) is 4.90 Å². The van der Waals surface area contributed by atoms with Gasteiger partial charge in [0.1, 0.15) is 6.04 Å². The lowest BCUT2D eigenvalue weighted by atomic mass is 9.86. The Labute approximate surface area is 131 Å². The quantitative estimate of drug-likeness (QED) is 0.896. The molecule has 1 heterocycles. The van der Waals surface area contributed by atoms with Crippen molar-refractivity contribution in [3.63, 3.8) is 0 Å². The summed E-state index contributed by atoms with van der Waals surface area (Å²) in [6.45, 7) is 7.07. The molecule has 1 aliphatic heterocycles. The van der Waals surface area contributed by atoms with Crippen LogP contribution in [0.2, 0.25) is 0 Å². The van der Waals surface area contributed by atoms with Gasteiger partial charge in [-0.25, -0.2) is 0 Å². The van der Waals surface area contributed by atoms with Crippen LogP contribution >= 0.6 is 0 Å². The number of nitrogens with one attached hydrogen (secondary N) is 1. The Hall–Kier alpha value is -1.88. The molecule has 1 aromatic carbocycles. The van der Waals surface area contributed by atoms with Gasteiger partial charge >= 0.3 is 5.97 Å². The minimum absolute atomic E-state index is 0.0683. The van der Waals surface area contributed by atoms with Crippen molar-refractivity contribution in [2.45, 2.75) is 45.1 Å². The van der Waals surface area contributed by atoms with Crippen molar-refractivity contribution in [3.8, 4) is 0 Å². The Bertz CT molecular complexity index is 563. The first kappa shape index (κ1) is 16.5. The molecule has 5 nitrogen and oxygen atoms in total. The lowest BCUT2D eigenvalue weighted by Gasteiger charge is -2.24. The van der Waals surface area contributed by atoms with Gasteiger partial charge in [-0.05, 0) is 36.4 Å². The number of carbonyl (C=O) groups is 2.